The molecule has 0 amide bonds. The standard InChI is InChI=1S/C10H14N2O3S/c1-15-9-4-2-3-5-10(9)16(13,14)12-8-6-7(8)11/h2-5,7-8,12H,6,11H2,1H3. The Morgan fingerprint density at radius 3 is 2.62 bits per heavy atom. The van der Waals surface area contributed by atoms with Crippen molar-refractivity contribution in [3.63, 3.8) is 0 Å². The summed E-state index contributed by atoms with van der Waals surface area (Å²) < 4.78 is 31.5. The van der Waals surface area contributed by atoms with Crippen molar-refractivity contribution in [2.45, 2.75) is 23.4 Å². The van der Waals surface area contributed by atoms with E-state index in [-0.39, 0.29) is 17.0 Å². The van der Waals surface area contributed by atoms with Gasteiger partial charge in [0.25, 0.3) is 0 Å². The summed E-state index contributed by atoms with van der Waals surface area (Å²) in [5.41, 5.74) is 5.56. The summed E-state index contributed by atoms with van der Waals surface area (Å²) in [6, 6.07) is 6.29. The van der Waals surface area contributed by atoms with Gasteiger partial charge in [-0.25, -0.2) is 13.1 Å². The van der Waals surface area contributed by atoms with Crippen LogP contribution in [0, 0.1) is 0 Å². The van der Waals surface area contributed by atoms with Crippen LogP contribution in [0.2, 0.25) is 0 Å². The number of hydrogen-bond acceptors (Lipinski definition) is 4. The summed E-state index contributed by atoms with van der Waals surface area (Å²) in [6.07, 6.45) is 0.689. The summed E-state index contributed by atoms with van der Waals surface area (Å²) >= 11 is 0. The summed E-state index contributed by atoms with van der Waals surface area (Å²) in [7, 11) is -2.09. The lowest BCUT2D eigenvalue weighted by Crippen LogP contribution is -2.30. The Kier molecular flexibility index (Phi) is 2.88. The molecular weight excluding hydrogens is 228 g/mol. The Morgan fingerprint density at radius 1 is 1.44 bits per heavy atom. The van der Waals surface area contributed by atoms with Gasteiger partial charge in [-0.05, 0) is 18.6 Å². The third-order valence-electron chi connectivity index (χ3n) is 2.50. The van der Waals surface area contributed by atoms with Crippen LogP contribution in [0.4, 0.5) is 0 Å². The molecule has 2 rings (SSSR count). The lowest BCUT2D eigenvalue weighted by atomic mass is 10.3. The molecule has 2 unspecified atom stereocenters. The first-order chi connectivity index (χ1) is 7.54. The van der Waals surface area contributed by atoms with Gasteiger partial charge in [-0.2, -0.15) is 0 Å². The Bertz CT molecular complexity index is 487. The maximum Gasteiger partial charge on any atom is 0.244 e. The number of rotatable bonds is 4. The normalized spacial score (nSPS) is 24.1. The molecule has 6 heteroatoms. The van der Waals surface area contributed by atoms with Gasteiger partial charge in [0.15, 0.2) is 0 Å². The highest BCUT2D eigenvalue weighted by Crippen LogP contribution is 2.26. The van der Waals surface area contributed by atoms with E-state index in [0.29, 0.717) is 12.2 Å². The van der Waals surface area contributed by atoms with Crippen LogP contribution >= 0.6 is 0 Å². The SMILES string of the molecule is COc1ccccc1S(=O)(=O)NC1CC1N. The van der Waals surface area contributed by atoms with Gasteiger partial charge in [-0.1, -0.05) is 12.1 Å². The molecule has 0 aliphatic heterocycles. The first-order valence-electron chi connectivity index (χ1n) is 4.95. The van der Waals surface area contributed by atoms with E-state index < -0.39 is 10.0 Å². The van der Waals surface area contributed by atoms with Crippen molar-refractivity contribution >= 4 is 10.0 Å². The predicted octanol–water partition coefficient (Wildman–Crippen LogP) is 0.0731. The average Bonchev–Trinajstić information content (AvgIpc) is 2.93. The van der Waals surface area contributed by atoms with Gasteiger partial charge in [0.1, 0.15) is 10.6 Å². The van der Waals surface area contributed by atoms with E-state index >= 15 is 0 Å². The van der Waals surface area contributed by atoms with Gasteiger partial charge in [-0.15, -0.1) is 0 Å². The minimum Gasteiger partial charge on any atom is -0.495 e. The number of ether oxygens (including phenoxy) is 1. The molecule has 1 aromatic carbocycles. The molecule has 1 aromatic rings. The second-order valence-corrected chi connectivity index (χ2v) is 5.46. The monoisotopic (exact) mass is 242 g/mol. The van der Waals surface area contributed by atoms with Gasteiger partial charge < -0.3 is 10.5 Å². The van der Waals surface area contributed by atoms with Crippen LogP contribution in [-0.2, 0) is 10.0 Å². The highest BCUT2D eigenvalue weighted by atomic mass is 32.2. The highest BCUT2D eigenvalue weighted by molar-refractivity contribution is 7.89. The van der Waals surface area contributed by atoms with Crippen LogP contribution < -0.4 is 15.2 Å². The minimum absolute atomic E-state index is 0.0653. The van der Waals surface area contributed by atoms with E-state index in [4.69, 9.17) is 10.5 Å². The number of nitrogens with two attached hydrogens (primary N) is 1. The summed E-state index contributed by atoms with van der Waals surface area (Å²) in [5.74, 6) is 0.337. The molecule has 1 aliphatic carbocycles. The molecule has 88 valence electrons. The average molecular weight is 242 g/mol. The summed E-state index contributed by atoms with van der Waals surface area (Å²) in [5, 5.41) is 0. The van der Waals surface area contributed by atoms with Gasteiger partial charge in [0.05, 0.1) is 7.11 Å². The molecule has 0 radical (unpaired) electrons. The highest BCUT2D eigenvalue weighted by Gasteiger charge is 2.37. The third-order valence-corrected chi connectivity index (χ3v) is 4.03. The molecule has 0 heterocycles. The topological polar surface area (TPSA) is 81.4 Å². The second-order valence-electron chi connectivity index (χ2n) is 3.78. The van der Waals surface area contributed by atoms with Gasteiger partial charge >= 0.3 is 0 Å². The van der Waals surface area contributed by atoms with Gasteiger partial charge in [0.2, 0.25) is 10.0 Å². The molecule has 0 aromatic heterocycles. The zero-order valence-electron chi connectivity index (χ0n) is 8.88. The first kappa shape index (κ1) is 11.4. The lowest BCUT2D eigenvalue weighted by Gasteiger charge is -2.09. The minimum atomic E-state index is -3.53. The Hall–Kier alpha value is -1.11. The van der Waals surface area contributed by atoms with Crippen molar-refractivity contribution in [2.24, 2.45) is 5.73 Å². The molecule has 1 aliphatic rings. The fourth-order valence-electron chi connectivity index (χ4n) is 1.45. The molecular formula is C10H14N2O3S. The second kappa shape index (κ2) is 4.04. The number of hydrogen-bond donors (Lipinski definition) is 2. The largest absolute Gasteiger partial charge is 0.495 e. The number of nitrogens with one attached hydrogen (secondary N) is 1. The molecule has 0 bridgehead atoms. The van der Waals surface area contributed by atoms with Crippen molar-refractivity contribution in [1.82, 2.24) is 4.72 Å². The van der Waals surface area contributed by atoms with E-state index in [1.165, 1.54) is 13.2 Å². The van der Waals surface area contributed by atoms with E-state index in [9.17, 15) is 8.42 Å². The molecule has 16 heavy (non-hydrogen) atoms. The van der Waals surface area contributed by atoms with Crippen LogP contribution in [0.3, 0.4) is 0 Å². The van der Waals surface area contributed by atoms with Gasteiger partial charge in [-0.3, -0.25) is 0 Å². The smallest absolute Gasteiger partial charge is 0.244 e. The van der Waals surface area contributed by atoms with E-state index in [1.54, 1.807) is 18.2 Å². The fraction of sp³-hybridized carbons (Fsp3) is 0.400. The van der Waals surface area contributed by atoms with Crippen molar-refractivity contribution in [3.8, 4) is 5.75 Å². The van der Waals surface area contributed by atoms with Crippen LogP contribution in [0.15, 0.2) is 29.2 Å². The number of para-hydroxylation sites is 1. The zero-order chi connectivity index (χ0) is 11.8. The zero-order valence-corrected chi connectivity index (χ0v) is 9.70. The van der Waals surface area contributed by atoms with E-state index in [0.717, 1.165) is 0 Å². The molecule has 1 saturated carbocycles. The number of benzene rings is 1. The Labute approximate surface area is 94.6 Å². The molecule has 0 spiro atoms. The number of methoxy groups -OCH3 is 1. The first-order valence-corrected chi connectivity index (χ1v) is 6.44. The van der Waals surface area contributed by atoms with Crippen LogP contribution in [0.1, 0.15) is 6.42 Å². The lowest BCUT2D eigenvalue weighted by molar-refractivity contribution is 0.402. The van der Waals surface area contributed by atoms with Crippen LogP contribution in [0.5, 0.6) is 5.75 Å². The van der Waals surface area contributed by atoms with E-state index in [2.05, 4.69) is 4.72 Å². The Morgan fingerprint density at radius 2 is 2.06 bits per heavy atom. The molecule has 5 nitrogen and oxygen atoms in total. The molecule has 2 atom stereocenters. The maximum absolute atomic E-state index is 12.0. The van der Waals surface area contributed by atoms with Gasteiger partial charge in [0, 0.05) is 12.1 Å². The maximum atomic E-state index is 12.0. The summed E-state index contributed by atoms with van der Waals surface area (Å²) in [4.78, 5) is 0.150. The van der Waals surface area contributed by atoms with Crippen molar-refractivity contribution in [1.29, 1.82) is 0 Å². The van der Waals surface area contributed by atoms with Crippen molar-refractivity contribution in [2.75, 3.05) is 7.11 Å². The van der Waals surface area contributed by atoms with Crippen molar-refractivity contribution < 1.29 is 13.2 Å². The predicted molar refractivity (Wildman–Crippen MR) is 59.7 cm³/mol. The summed E-state index contributed by atoms with van der Waals surface area (Å²) in [6.45, 7) is 0. The Balaban J connectivity index is 2.28. The molecule has 0 saturated heterocycles. The van der Waals surface area contributed by atoms with Crippen LogP contribution in [-0.4, -0.2) is 27.6 Å². The van der Waals surface area contributed by atoms with Crippen LogP contribution in [0.25, 0.3) is 0 Å². The van der Waals surface area contributed by atoms with E-state index in [1.807, 2.05) is 0 Å². The van der Waals surface area contributed by atoms with Crippen molar-refractivity contribution in [3.05, 3.63) is 24.3 Å². The fourth-order valence-corrected chi connectivity index (χ4v) is 2.92. The molecule has 1 fully saturated rings. The number of sulfonamides is 1. The quantitative estimate of drug-likeness (QED) is 0.783. The molecule has 3 N–H and O–H groups in total. The third kappa shape index (κ3) is 2.18.